The number of nitrogens with zero attached hydrogens (tertiary/aromatic N) is 3. The first kappa shape index (κ1) is 22.5. The Bertz CT molecular complexity index is 955. The smallest absolute Gasteiger partial charge is 0.261 e. The van der Waals surface area contributed by atoms with Crippen LogP contribution in [-0.4, -0.2) is 59.5 Å². The summed E-state index contributed by atoms with van der Waals surface area (Å²) in [5.74, 6) is 0.777. The number of hydrogen-bond donors (Lipinski definition) is 1. The minimum Gasteiger partial charge on any atom is -0.489 e. The molecule has 1 aliphatic heterocycles. The van der Waals surface area contributed by atoms with Gasteiger partial charge < -0.3 is 10.1 Å². The van der Waals surface area contributed by atoms with E-state index in [1.807, 2.05) is 55.0 Å². The first-order chi connectivity index (χ1) is 15.7. The lowest BCUT2D eigenvalue weighted by Crippen LogP contribution is -2.45. The highest BCUT2D eigenvalue weighted by Crippen LogP contribution is 2.17. The fraction of sp³-hybridized carbons (Fsp3) is 0.360. The largest absolute Gasteiger partial charge is 0.489 e. The zero-order valence-corrected chi connectivity index (χ0v) is 19.3. The number of nitrogens with one attached hydrogen (secondary N) is 1. The van der Waals surface area contributed by atoms with E-state index >= 15 is 0 Å². The molecular weight excluding hydrogens is 420 g/mol. The Morgan fingerprint density at radius 2 is 1.75 bits per heavy atom. The Kier molecular flexibility index (Phi) is 7.87. The summed E-state index contributed by atoms with van der Waals surface area (Å²) >= 11 is 1.44. The fourth-order valence-electron chi connectivity index (χ4n) is 3.79. The third kappa shape index (κ3) is 6.63. The van der Waals surface area contributed by atoms with Crippen LogP contribution in [0, 0.1) is 0 Å². The Balaban J connectivity index is 1.17. The van der Waals surface area contributed by atoms with Crippen LogP contribution in [0.1, 0.15) is 27.7 Å². The molecule has 0 aliphatic carbocycles. The summed E-state index contributed by atoms with van der Waals surface area (Å²) in [5.41, 5.74) is 2.56. The Morgan fingerprint density at radius 1 is 1.03 bits per heavy atom. The van der Waals surface area contributed by atoms with Crippen molar-refractivity contribution in [1.82, 2.24) is 20.1 Å². The molecule has 1 aromatic carbocycles. The molecular formula is C25H30N4O2S. The number of thiophene rings is 1. The Morgan fingerprint density at radius 3 is 2.38 bits per heavy atom. The molecule has 3 aromatic rings. The zero-order valence-electron chi connectivity index (χ0n) is 18.4. The molecule has 168 valence electrons. The monoisotopic (exact) mass is 450 g/mol. The van der Waals surface area contributed by atoms with Crippen LogP contribution >= 0.6 is 11.3 Å². The quantitative estimate of drug-likeness (QED) is 0.539. The van der Waals surface area contributed by atoms with Gasteiger partial charge in [-0.25, -0.2) is 0 Å². The standard InChI is InChI=1S/C25H30N4O2S/c1-20(16-27-25(30)24-5-3-15-32-24)31-23-8-6-21(7-9-23)18-28-11-13-29(14-12-28)19-22-4-2-10-26-17-22/h2-10,15,17,20H,11-14,16,18-19H2,1H3,(H,27,30)/t20-/m1/s1. The van der Waals surface area contributed by atoms with Crippen molar-refractivity contribution in [2.24, 2.45) is 0 Å². The third-order valence-corrected chi connectivity index (χ3v) is 6.42. The Labute approximate surface area is 193 Å². The maximum absolute atomic E-state index is 12.0. The van der Waals surface area contributed by atoms with E-state index in [0.717, 1.165) is 49.9 Å². The van der Waals surface area contributed by atoms with Gasteiger partial charge in [0.15, 0.2) is 0 Å². The summed E-state index contributed by atoms with van der Waals surface area (Å²) in [6, 6.07) is 16.1. The normalized spacial score (nSPS) is 15.9. The molecule has 4 rings (SSSR count). The zero-order chi connectivity index (χ0) is 22.2. The number of piperazine rings is 1. The molecule has 0 saturated carbocycles. The van der Waals surface area contributed by atoms with Gasteiger partial charge in [0.1, 0.15) is 11.9 Å². The van der Waals surface area contributed by atoms with Gasteiger partial charge in [-0.3, -0.25) is 19.6 Å². The minimum atomic E-state index is -0.0994. The van der Waals surface area contributed by atoms with Crippen molar-refractivity contribution in [1.29, 1.82) is 0 Å². The van der Waals surface area contributed by atoms with Gasteiger partial charge in [0.05, 0.1) is 11.4 Å². The molecule has 0 bridgehead atoms. The number of benzene rings is 1. The molecule has 3 heterocycles. The molecule has 0 spiro atoms. The van der Waals surface area contributed by atoms with Gasteiger partial charge in [0.25, 0.3) is 5.91 Å². The van der Waals surface area contributed by atoms with Crippen molar-refractivity contribution in [3.8, 4) is 5.75 Å². The first-order valence-electron chi connectivity index (χ1n) is 11.1. The van der Waals surface area contributed by atoms with Crippen molar-refractivity contribution in [3.63, 3.8) is 0 Å². The highest BCUT2D eigenvalue weighted by molar-refractivity contribution is 7.12. The van der Waals surface area contributed by atoms with Crippen LogP contribution in [0.15, 0.2) is 66.3 Å². The van der Waals surface area contributed by atoms with E-state index in [1.54, 1.807) is 0 Å². The van der Waals surface area contributed by atoms with Crippen LogP contribution in [0.2, 0.25) is 0 Å². The van der Waals surface area contributed by atoms with Crippen LogP contribution in [-0.2, 0) is 13.1 Å². The van der Waals surface area contributed by atoms with Gasteiger partial charge in [-0.15, -0.1) is 11.3 Å². The highest BCUT2D eigenvalue weighted by atomic mass is 32.1. The second kappa shape index (κ2) is 11.2. The molecule has 1 atom stereocenters. The van der Waals surface area contributed by atoms with Gasteiger partial charge in [-0.05, 0) is 47.7 Å². The van der Waals surface area contributed by atoms with Crippen molar-refractivity contribution in [2.45, 2.75) is 26.1 Å². The third-order valence-electron chi connectivity index (χ3n) is 5.56. The number of hydrogen-bond acceptors (Lipinski definition) is 6. The van der Waals surface area contributed by atoms with Crippen LogP contribution in [0.4, 0.5) is 0 Å². The van der Waals surface area contributed by atoms with E-state index in [-0.39, 0.29) is 12.0 Å². The summed E-state index contributed by atoms with van der Waals surface area (Å²) in [7, 11) is 0. The minimum absolute atomic E-state index is 0.0497. The van der Waals surface area contributed by atoms with Crippen molar-refractivity contribution >= 4 is 17.2 Å². The van der Waals surface area contributed by atoms with E-state index in [4.69, 9.17) is 4.74 Å². The topological polar surface area (TPSA) is 57.7 Å². The summed E-state index contributed by atoms with van der Waals surface area (Å²) in [6.07, 6.45) is 3.68. The lowest BCUT2D eigenvalue weighted by atomic mass is 10.2. The number of rotatable bonds is 9. The van der Waals surface area contributed by atoms with Crippen molar-refractivity contribution in [2.75, 3.05) is 32.7 Å². The average Bonchev–Trinajstić information content (AvgIpc) is 3.36. The van der Waals surface area contributed by atoms with Crippen LogP contribution in [0.3, 0.4) is 0 Å². The lowest BCUT2D eigenvalue weighted by Gasteiger charge is -2.34. The predicted molar refractivity (Wildman–Crippen MR) is 128 cm³/mol. The SMILES string of the molecule is C[C@H](CNC(=O)c1cccs1)Oc1ccc(CN2CCN(Cc3cccnc3)CC2)cc1. The second-order valence-corrected chi connectivity index (χ2v) is 9.12. The second-order valence-electron chi connectivity index (χ2n) is 8.17. The summed E-state index contributed by atoms with van der Waals surface area (Å²) in [6.45, 7) is 8.65. The molecule has 1 aliphatic rings. The van der Waals surface area contributed by atoms with Gasteiger partial charge in [-0.1, -0.05) is 24.3 Å². The van der Waals surface area contributed by atoms with Crippen LogP contribution < -0.4 is 10.1 Å². The molecule has 1 N–H and O–H groups in total. The van der Waals surface area contributed by atoms with Gasteiger partial charge in [0.2, 0.25) is 0 Å². The number of carbonyl (C=O) groups excluding carboxylic acids is 1. The molecule has 2 aromatic heterocycles. The molecule has 0 unspecified atom stereocenters. The molecule has 1 saturated heterocycles. The molecule has 7 heteroatoms. The molecule has 6 nitrogen and oxygen atoms in total. The van der Waals surface area contributed by atoms with E-state index in [2.05, 4.69) is 38.3 Å². The first-order valence-corrected chi connectivity index (χ1v) is 11.9. The number of amides is 1. The van der Waals surface area contributed by atoms with E-state index < -0.39 is 0 Å². The molecule has 0 radical (unpaired) electrons. The van der Waals surface area contributed by atoms with E-state index in [0.29, 0.717) is 6.54 Å². The van der Waals surface area contributed by atoms with Crippen molar-refractivity contribution in [3.05, 3.63) is 82.3 Å². The highest BCUT2D eigenvalue weighted by Gasteiger charge is 2.17. The van der Waals surface area contributed by atoms with Crippen LogP contribution in [0.5, 0.6) is 5.75 Å². The average molecular weight is 451 g/mol. The number of aromatic nitrogens is 1. The van der Waals surface area contributed by atoms with Gasteiger partial charge in [0, 0.05) is 51.7 Å². The molecule has 1 amide bonds. The molecule has 32 heavy (non-hydrogen) atoms. The van der Waals surface area contributed by atoms with E-state index in [9.17, 15) is 4.79 Å². The molecule has 1 fully saturated rings. The maximum Gasteiger partial charge on any atom is 0.261 e. The number of pyridine rings is 1. The van der Waals surface area contributed by atoms with Crippen LogP contribution in [0.25, 0.3) is 0 Å². The predicted octanol–water partition coefficient (Wildman–Crippen LogP) is 3.66. The lowest BCUT2D eigenvalue weighted by molar-refractivity contribution is 0.0936. The Hall–Kier alpha value is -2.74. The van der Waals surface area contributed by atoms with Crippen molar-refractivity contribution < 1.29 is 9.53 Å². The van der Waals surface area contributed by atoms with E-state index in [1.165, 1.54) is 22.5 Å². The van der Waals surface area contributed by atoms with Gasteiger partial charge >= 0.3 is 0 Å². The summed E-state index contributed by atoms with van der Waals surface area (Å²) < 4.78 is 5.96. The number of carbonyl (C=O) groups is 1. The van der Waals surface area contributed by atoms with Gasteiger partial charge in [-0.2, -0.15) is 0 Å². The maximum atomic E-state index is 12.0. The fourth-order valence-corrected chi connectivity index (χ4v) is 4.43. The summed E-state index contributed by atoms with van der Waals surface area (Å²) in [5, 5.41) is 4.82. The number of ether oxygens (including phenoxy) is 1. The summed E-state index contributed by atoms with van der Waals surface area (Å²) in [4.78, 5) is 22.0.